The summed E-state index contributed by atoms with van der Waals surface area (Å²) in [7, 11) is 0. The van der Waals surface area contributed by atoms with Gasteiger partial charge in [-0.3, -0.25) is 14.9 Å². The first-order valence-electron chi connectivity index (χ1n) is 8.22. The zero-order valence-electron chi connectivity index (χ0n) is 14.2. The number of rotatable bonds is 5. The molecule has 1 aromatic heterocycles. The van der Waals surface area contributed by atoms with Crippen molar-refractivity contribution < 1.29 is 27.5 Å². The van der Waals surface area contributed by atoms with Crippen LogP contribution in [0.1, 0.15) is 30.4 Å². The third kappa shape index (κ3) is 4.42. The fourth-order valence-corrected chi connectivity index (χ4v) is 2.77. The number of carbonyl (C=O) groups excluding carboxylic acids is 2. The summed E-state index contributed by atoms with van der Waals surface area (Å²) in [6.07, 6.45) is -2.49. The summed E-state index contributed by atoms with van der Waals surface area (Å²) in [4.78, 5) is 31.9. The summed E-state index contributed by atoms with van der Waals surface area (Å²) >= 11 is 0. The van der Waals surface area contributed by atoms with Crippen molar-refractivity contribution in [2.45, 2.75) is 31.5 Å². The lowest BCUT2D eigenvalue weighted by molar-refractivity contribution is -0.154. The number of hydrogen-bond donors (Lipinski definition) is 1. The van der Waals surface area contributed by atoms with Crippen LogP contribution in [-0.4, -0.2) is 27.9 Å². The summed E-state index contributed by atoms with van der Waals surface area (Å²) in [5, 5.41) is 2.39. The van der Waals surface area contributed by atoms with Crippen molar-refractivity contribution in [1.82, 2.24) is 9.97 Å². The molecular formula is C18H16F3N3O3. The second kappa shape index (κ2) is 7.34. The Morgan fingerprint density at radius 2 is 1.85 bits per heavy atom. The Balaban J connectivity index is 1.60. The van der Waals surface area contributed by atoms with Crippen molar-refractivity contribution in [1.29, 1.82) is 0 Å². The van der Waals surface area contributed by atoms with E-state index in [0.29, 0.717) is 0 Å². The van der Waals surface area contributed by atoms with Crippen LogP contribution >= 0.6 is 0 Å². The van der Waals surface area contributed by atoms with E-state index in [2.05, 4.69) is 15.3 Å². The van der Waals surface area contributed by atoms with Gasteiger partial charge in [0.15, 0.2) is 6.10 Å². The molecule has 1 N–H and O–H groups in total. The monoisotopic (exact) mass is 379 g/mol. The van der Waals surface area contributed by atoms with Gasteiger partial charge in [-0.1, -0.05) is 18.2 Å². The molecule has 0 bridgehead atoms. The quantitative estimate of drug-likeness (QED) is 0.807. The lowest BCUT2D eigenvalue weighted by Crippen LogP contribution is -2.31. The van der Waals surface area contributed by atoms with Gasteiger partial charge in [0, 0.05) is 12.4 Å². The maximum absolute atomic E-state index is 13.1. The molecule has 6 nitrogen and oxygen atoms in total. The minimum absolute atomic E-state index is 0.0637. The number of aromatic nitrogens is 2. The smallest absolute Gasteiger partial charge is 0.416 e. The molecule has 1 amide bonds. The van der Waals surface area contributed by atoms with Crippen LogP contribution in [0, 0.1) is 5.92 Å². The second-order valence-electron chi connectivity index (χ2n) is 6.17. The van der Waals surface area contributed by atoms with Crippen LogP contribution in [0.3, 0.4) is 0 Å². The van der Waals surface area contributed by atoms with Crippen LogP contribution in [-0.2, 0) is 20.5 Å². The van der Waals surface area contributed by atoms with Gasteiger partial charge in [-0.05, 0) is 37.0 Å². The van der Waals surface area contributed by atoms with E-state index in [-0.39, 0.29) is 17.9 Å². The van der Waals surface area contributed by atoms with E-state index in [1.165, 1.54) is 37.5 Å². The molecule has 1 heterocycles. The first-order valence-corrected chi connectivity index (χ1v) is 8.22. The number of alkyl halides is 3. The van der Waals surface area contributed by atoms with Crippen LogP contribution in [0.25, 0.3) is 0 Å². The lowest BCUT2D eigenvalue weighted by Gasteiger charge is -2.14. The molecule has 1 fully saturated rings. The molecule has 27 heavy (non-hydrogen) atoms. The summed E-state index contributed by atoms with van der Waals surface area (Å²) in [6.45, 7) is 1.37. The molecule has 1 aliphatic carbocycles. The summed E-state index contributed by atoms with van der Waals surface area (Å²) in [5.74, 6) is -2.52. The van der Waals surface area contributed by atoms with Gasteiger partial charge >= 0.3 is 12.1 Å². The standard InChI is InChI=1S/C18H16F3N3O3/c1-10(15(25)24-17-22-7-4-8-23-17)27-16(26)13-9-12(13)11-5-2-3-6-14(11)18(19,20)21/h2-8,10,12-13H,9H2,1H3,(H,22,23,24,25). The van der Waals surface area contributed by atoms with Gasteiger partial charge in [0.05, 0.1) is 11.5 Å². The number of halogens is 3. The average molecular weight is 379 g/mol. The van der Waals surface area contributed by atoms with Crippen LogP contribution < -0.4 is 5.32 Å². The van der Waals surface area contributed by atoms with Crippen LogP contribution in [0.2, 0.25) is 0 Å². The molecule has 1 aromatic carbocycles. The van der Waals surface area contributed by atoms with E-state index in [1.807, 2.05) is 0 Å². The molecule has 9 heteroatoms. The lowest BCUT2D eigenvalue weighted by atomic mass is 10.0. The number of nitrogens with one attached hydrogen (secondary N) is 1. The van der Waals surface area contributed by atoms with Gasteiger partial charge in [-0.2, -0.15) is 13.2 Å². The number of benzene rings is 1. The maximum atomic E-state index is 13.1. The van der Waals surface area contributed by atoms with Gasteiger partial charge in [-0.15, -0.1) is 0 Å². The number of esters is 1. The van der Waals surface area contributed by atoms with E-state index in [4.69, 9.17) is 4.74 Å². The van der Waals surface area contributed by atoms with Gasteiger partial charge in [0.2, 0.25) is 5.95 Å². The molecule has 0 spiro atoms. The zero-order valence-corrected chi connectivity index (χ0v) is 14.2. The first-order chi connectivity index (χ1) is 12.8. The molecule has 1 aliphatic rings. The van der Waals surface area contributed by atoms with Crippen LogP contribution in [0.5, 0.6) is 0 Å². The molecule has 0 saturated heterocycles. The SMILES string of the molecule is CC(OC(=O)C1CC1c1ccccc1C(F)(F)F)C(=O)Nc1ncccn1. The minimum atomic E-state index is -4.49. The van der Waals surface area contributed by atoms with Crippen molar-refractivity contribution in [3.05, 3.63) is 53.9 Å². The van der Waals surface area contributed by atoms with E-state index < -0.39 is 41.6 Å². The van der Waals surface area contributed by atoms with E-state index in [9.17, 15) is 22.8 Å². The molecule has 1 saturated carbocycles. The number of hydrogen-bond acceptors (Lipinski definition) is 5. The van der Waals surface area contributed by atoms with Crippen LogP contribution in [0.4, 0.5) is 19.1 Å². The largest absolute Gasteiger partial charge is 0.452 e. The fraction of sp³-hybridized carbons (Fsp3) is 0.333. The molecule has 142 valence electrons. The molecule has 2 aromatic rings. The molecule has 0 aliphatic heterocycles. The summed E-state index contributed by atoms with van der Waals surface area (Å²) in [5.41, 5.74) is -0.681. The van der Waals surface area contributed by atoms with Crippen molar-refractivity contribution >= 4 is 17.8 Å². The van der Waals surface area contributed by atoms with Crippen molar-refractivity contribution in [2.75, 3.05) is 5.32 Å². The Kier molecular flexibility index (Phi) is 5.11. The molecule has 3 atom stereocenters. The topological polar surface area (TPSA) is 81.2 Å². The Bertz CT molecular complexity index is 842. The molecular weight excluding hydrogens is 363 g/mol. The Morgan fingerprint density at radius 3 is 2.52 bits per heavy atom. The third-order valence-electron chi connectivity index (χ3n) is 4.22. The van der Waals surface area contributed by atoms with E-state index in [0.717, 1.165) is 6.07 Å². The highest BCUT2D eigenvalue weighted by molar-refractivity contribution is 5.94. The fourth-order valence-electron chi connectivity index (χ4n) is 2.77. The number of nitrogens with zero attached hydrogens (tertiary/aromatic N) is 2. The van der Waals surface area contributed by atoms with Gasteiger partial charge in [0.1, 0.15) is 0 Å². The number of amides is 1. The maximum Gasteiger partial charge on any atom is 0.416 e. The normalized spacial score (nSPS) is 19.9. The van der Waals surface area contributed by atoms with Crippen molar-refractivity contribution in [3.8, 4) is 0 Å². The molecule has 0 radical (unpaired) electrons. The zero-order chi connectivity index (χ0) is 19.6. The van der Waals surface area contributed by atoms with Gasteiger partial charge in [-0.25, -0.2) is 9.97 Å². The van der Waals surface area contributed by atoms with E-state index in [1.54, 1.807) is 6.07 Å². The molecule has 3 unspecified atom stereocenters. The summed E-state index contributed by atoms with van der Waals surface area (Å²) < 4.78 is 44.4. The molecule has 3 rings (SSSR count). The Hall–Kier alpha value is -2.97. The minimum Gasteiger partial charge on any atom is -0.452 e. The first kappa shape index (κ1) is 18.8. The summed E-state index contributed by atoms with van der Waals surface area (Å²) in [6, 6.07) is 6.74. The average Bonchev–Trinajstić information content (AvgIpc) is 3.42. The number of anilines is 1. The van der Waals surface area contributed by atoms with Crippen molar-refractivity contribution in [2.24, 2.45) is 5.92 Å². The van der Waals surface area contributed by atoms with Crippen LogP contribution in [0.15, 0.2) is 42.7 Å². The predicted octanol–water partition coefficient (Wildman–Crippen LogP) is 3.17. The third-order valence-corrected chi connectivity index (χ3v) is 4.22. The highest BCUT2D eigenvalue weighted by Gasteiger charge is 2.49. The number of carbonyl (C=O) groups is 2. The Labute approximate surface area is 152 Å². The second-order valence-corrected chi connectivity index (χ2v) is 6.17. The highest BCUT2D eigenvalue weighted by Crippen LogP contribution is 2.51. The predicted molar refractivity (Wildman–Crippen MR) is 88.5 cm³/mol. The van der Waals surface area contributed by atoms with Gasteiger partial charge < -0.3 is 4.74 Å². The van der Waals surface area contributed by atoms with E-state index >= 15 is 0 Å². The Morgan fingerprint density at radius 1 is 1.19 bits per heavy atom. The van der Waals surface area contributed by atoms with Crippen molar-refractivity contribution in [3.63, 3.8) is 0 Å². The highest BCUT2D eigenvalue weighted by atomic mass is 19.4. The number of ether oxygens (including phenoxy) is 1. The van der Waals surface area contributed by atoms with Gasteiger partial charge in [0.25, 0.3) is 5.91 Å².